The second-order valence-electron chi connectivity index (χ2n) is 19.6. The molecule has 0 bridgehead atoms. The smallest absolute Gasteiger partial charge is 0.143 e. The normalized spacial score (nSPS) is 11.7. The molecule has 0 atom stereocenters. The molecule has 286 valence electrons. The van der Waals surface area contributed by atoms with Crippen molar-refractivity contribution in [3.63, 3.8) is 0 Å². The minimum Gasteiger partial charge on any atom is -0.457 e. The SMILES string of the molecule is Bc1c(B)c(B)c(-c2c3c(B)c(B)c(B)c(B)c3c(-c3ccc(-c4c(B)c(B)c5oc6c(B)c(B)c(B)c(B)c6c5c4-c4ccccn4)cc3)c3c(B)c(B)c(B)c(B)c23)c(B)c1B. The molecule has 0 saturated heterocycles. The summed E-state index contributed by atoms with van der Waals surface area (Å²) < 4.78 is 6.95. The fraction of sp³-hybridized carbons (Fsp3) is 0. The van der Waals surface area contributed by atoms with Gasteiger partial charge < -0.3 is 4.42 Å². The van der Waals surface area contributed by atoms with Crippen molar-refractivity contribution >= 4 is 296 Å². The number of hydrogen-bond acceptors (Lipinski definition) is 2. The lowest BCUT2D eigenvalue weighted by Gasteiger charge is -2.30. The number of pyridine rings is 1. The van der Waals surface area contributed by atoms with Crippen LogP contribution in [0.15, 0.2) is 53.1 Å². The van der Waals surface area contributed by atoms with E-state index in [1.165, 1.54) is 164 Å². The van der Waals surface area contributed by atoms with Crippen molar-refractivity contribution in [2.24, 2.45) is 0 Å². The first-order chi connectivity index (χ1) is 30.2. The van der Waals surface area contributed by atoms with Gasteiger partial charge in [-0.2, -0.15) is 0 Å². The van der Waals surface area contributed by atoms with Gasteiger partial charge in [0.1, 0.15) is 160 Å². The Kier molecular flexibility index (Phi) is 10.9. The Bertz CT molecular complexity index is 3480. The number of rotatable bonds is 4. The average molecular weight is 798 g/mol. The molecule has 0 fully saturated rings. The highest BCUT2D eigenvalue weighted by Gasteiger charge is 2.29. The van der Waals surface area contributed by atoms with Crippen molar-refractivity contribution in [2.45, 2.75) is 0 Å². The van der Waals surface area contributed by atoms with Crippen molar-refractivity contribution in [1.29, 1.82) is 0 Å². The summed E-state index contributed by atoms with van der Waals surface area (Å²) in [7, 11) is 43.9. The van der Waals surface area contributed by atoms with Crippen molar-refractivity contribution in [3.8, 4) is 44.6 Å². The molecule has 0 aliphatic rings. The van der Waals surface area contributed by atoms with Gasteiger partial charge in [-0.1, -0.05) is 90.4 Å². The number of hydrogen-bond donors (Lipinski definition) is 0. The number of benzene rings is 7. The zero-order valence-electron chi connectivity index (χ0n) is 42.0. The van der Waals surface area contributed by atoms with E-state index in [0.29, 0.717) is 0 Å². The predicted octanol–water partition coefficient (Wildman–Crippen LogP) is -21.1. The van der Waals surface area contributed by atoms with Crippen molar-refractivity contribution < 1.29 is 4.42 Å². The zero-order valence-corrected chi connectivity index (χ0v) is 42.0. The van der Waals surface area contributed by atoms with E-state index in [-0.39, 0.29) is 0 Å². The Morgan fingerprint density at radius 2 is 0.609 bits per heavy atom. The quantitative estimate of drug-likeness (QED) is 0.131. The molecular formula is C43H46B19NO. The summed E-state index contributed by atoms with van der Waals surface area (Å²) in [6.07, 6.45) is 1.92. The van der Waals surface area contributed by atoms with Crippen LogP contribution in [-0.2, 0) is 0 Å². The highest BCUT2D eigenvalue weighted by atomic mass is 16.3. The maximum Gasteiger partial charge on any atom is 0.143 e. The van der Waals surface area contributed by atoms with E-state index in [4.69, 9.17) is 9.40 Å². The molecule has 0 aliphatic heterocycles. The molecule has 0 N–H and O–H groups in total. The van der Waals surface area contributed by atoms with Crippen LogP contribution in [0, 0.1) is 0 Å². The molecule has 0 spiro atoms. The van der Waals surface area contributed by atoms with Gasteiger partial charge in [0, 0.05) is 22.5 Å². The predicted molar refractivity (Wildman–Crippen MR) is 344 cm³/mol. The van der Waals surface area contributed by atoms with Crippen LogP contribution in [0.5, 0.6) is 0 Å². The van der Waals surface area contributed by atoms with Gasteiger partial charge in [-0.25, -0.2) is 0 Å². The first-order valence-electron chi connectivity index (χ1n) is 23.3. The Morgan fingerprint density at radius 3 is 1.06 bits per heavy atom. The third kappa shape index (κ3) is 6.03. The summed E-state index contributed by atoms with van der Waals surface area (Å²) in [5, 5.41) is 7.90. The molecule has 2 nitrogen and oxygen atoms in total. The van der Waals surface area contributed by atoms with Gasteiger partial charge in [0.2, 0.25) is 0 Å². The molecule has 7 aromatic carbocycles. The van der Waals surface area contributed by atoms with E-state index in [2.05, 4.69) is 185 Å². The summed E-state index contributed by atoms with van der Waals surface area (Å²) in [4.78, 5) is 5.05. The number of aromatic nitrogens is 1. The molecule has 0 unspecified atom stereocenters. The summed E-state index contributed by atoms with van der Waals surface area (Å²) in [6.45, 7) is 0. The molecule has 21 heteroatoms. The van der Waals surface area contributed by atoms with Crippen LogP contribution in [0.3, 0.4) is 0 Å². The molecule has 0 radical (unpaired) electrons. The summed E-state index contributed by atoms with van der Waals surface area (Å²) in [5.41, 5.74) is 37.3. The zero-order chi connectivity index (χ0) is 46.3. The van der Waals surface area contributed by atoms with Gasteiger partial charge in [-0.15, -0.1) is 43.7 Å². The molecule has 0 amide bonds. The van der Waals surface area contributed by atoms with Crippen LogP contribution >= 0.6 is 0 Å². The molecule has 64 heavy (non-hydrogen) atoms. The Hall–Kier alpha value is -4.76. The topological polar surface area (TPSA) is 26.0 Å². The Balaban J connectivity index is 1.44. The highest BCUT2D eigenvalue weighted by Crippen LogP contribution is 2.42. The maximum absolute atomic E-state index is 6.95. The number of fused-ring (bicyclic) bond motifs is 5. The second kappa shape index (κ2) is 15.7. The minimum atomic E-state index is 0.959. The monoisotopic (exact) mass is 802 g/mol. The molecule has 0 aliphatic carbocycles. The van der Waals surface area contributed by atoms with Crippen molar-refractivity contribution in [1.82, 2.24) is 4.98 Å². The summed E-state index contributed by atoms with van der Waals surface area (Å²) >= 11 is 0. The van der Waals surface area contributed by atoms with Gasteiger partial charge in [-0.3, -0.25) is 4.98 Å². The first kappa shape index (κ1) is 44.4. The maximum atomic E-state index is 6.95. The first-order valence-corrected chi connectivity index (χ1v) is 23.3. The van der Waals surface area contributed by atoms with Crippen LogP contribution in [0.2, 0.25) is 0 Å². The van der Waals surface area contributed by atoms with Crippen LogP contribution in [0.1, 0.15) is 0 Å². The largest absolute Gasteiger partial charge is 0.457 e. The lowest BCUT2D eigenvalue weighted by atomic mass is 9.56. The van der Waals surface area contributed by atoms with E-state index in [9.17, 15) is 0 Å². The van der Waals surface area contributed by atoms with E-state index in [0.717, 1.165) is 27.8 Å². The highest BCUT2D eigenvalue weighted by molar-refractivity contribution is 6.74. The molecule has 2 aromatic heterocycles. The third-order valence-corrected chi connectivity index (χ3v) is 17.1. The summed E-state index contributed by atoms with van der Waals surface area (Å²) in [5.74, 6) is 0. The Labute approximate surface area is 396 Å². The van der Waals surface area contributed by atoms with Gasteiger partial charge in [0.25, 0.3) is 0 Å². The lowest BCUT2D eigenvalue weighted by Crippen LogP contribution is -2.55. The van der Waals surface area contributed by atoms with Gasteiger partial charge >= 0.3 is 0 Å². The molecule has 9 rings (SSSR count). The fourth-order valence-electron chi connectivity index (χ4n) is 11.6. The third-order valence-electron chi connectivity index (χ3n) is 17.1. The van der Waals surface area contributed by atoms with Gasteiger partial charge in [-0.05, 0) is 67.1 Å². The van der Waals surface area contributed by atoms with Crippen LogP contribution in [0.25, 0.3) is 88.1 Å². The van der Waals surface area contributed by atoms with E-state index in [1.54, 1.807) is 0 Å². The fourth-order valence-corrected chi connectivity index (χ4v) is 11.6. The van der Waals surface area contributed by atoms with Gasteiger partial charge in [0.05, 0.1) is 5.69 Å². The van der Waals surface area contributed by atoms with Crippen LogP contribution < -0.4 is 104 Å². The standard InChI is InChI=1S/C43H46B19NO/c44-23-13(14(11-3-1-2-8-63-11)20-22-30(51)37(58)39(60)41(62)43(22)64-42(20)40(23)61)10-6-4-9(5-7-10)12-16-18(26(47)33(54)31(52)24(16)45)15(19-17(12)25(46)32(53)34(55)27(19)48)21-28(49)35(56)38(59)36(57)29(21)50/h1-8H,44-62H2. The second-order valence-corrected chi connectivity index (χ2v) is 19.6. The summed E-state index contributed by atoms with van der Waals surface area (Å²) in [6, 6.07) is 15.9. The average Bonchev–Trinajstić information content (AvgIpc) is 3.70. The van der Waals surface area contributed by atoms with Crippen molar-refractivity contribution in [3.05, 3.63) is 48.7 Å². The molecule has 0 saturated carbocycles. The van der Waals surface area contributed by atoms with Crippen molar-refractivity contribution in [2.75, 3.05) is 0 Å². The van der Waals surface area contributed by atoms with Gasteiger partial charge in [0.15, 0.2) is 0 Å². The molecule has 2 heterocycles. The molecule has 9 aromatic rings. The lowest BCUT2D eigenvalue weighted by molar-refractivity contribution is 0.675. The minimum absolute atomic E-state index is 0.959. The van der Waals surface area contributed by atoms with E-state index in [1.807, 2.05) is 12.3 Å². The Morgan fingerprint density at radius 1 is 0.266 bits per heavy atom. The number of furan rings is 1. The molecular weight excluding hydrogens is 752 g/mol. The van der Waals surface area contributed by atoms with E-state index < -0.39 is 0 Å². The number of nitrogens with zero attached hydrogens (tertiary/aromatic N) is 1. The van der Waals surface area contributed by atoms with Crippen LogP contribution in [-0.4, -0.2) is 154 Å². The van der Waals surface area contributed by atoms with E-state index >= 15 is 0 Å². The van der Waals surface area contributed by atoms with Crippen LogP contribution in [0.4, 0.5) is 0 Å².